The third-order valence-corrected chi connectivity index (χ3v) is 2.44. The number of phenolic OH excluding ortho intramolecular Hbond substituents is 1. The minimum Gasteiger partial charge on any atom is -0.508 e. The lowest BCUT2D eigenvalue weighted by Gasteiger charge is -2.13. The van der Waals surface area contributed by atoms with Crippen LogP contribution in [0.4, 0.5) is 13.2 Å². The number of halogens is 3. The van der Waals surface area contributed by atoms with Crippen molar-refractivity contribution in [2.45, 2.75) is 32.4 Å². The minimum atomic E-state index is -4.07. The quantitative estimate of drug-likeness (QED) is 0.834. The Morgan fingerprint density at radius 2 is 1.75 bits per heavy atom. The Kier molecular flexibility index (Phi) is 4.21. The van der Waals surface area contributed by atoms with Gasteiger partial charge in [-0.15, -0.1) is 0 Å². The molecule has 0 saturated carbocycles. The topological polar surface area (TPSA) is 20.2 Å². The first-order valence-electron chi connectivity index (χ1n) is 5.21. The Hall–Kier alpha value is -1.19. The molecule has 0 heterocycles. The summed E-state index contributed by atoms with van der Waals surface area (Å²) in [7, 11) is 0. The number of phenols is 1. The molecule has 1 aromatic carbocycles. The first-order chi connectivity index (χ1) is 7.37. The van der Waals surface area contributed by atoms with Gasteiger partial charge in [-0.05, 0) is 36.5 Å². The van der Waals surface area contributed by atoms with E-state index in [1.54, 1.807) is 31.2 Å². The second-order valence-electron chi connectivity index (χ2n) is 4.13. The molecular formula is C12H15F3O. The Morgan fingerprint density at radius 1 is 1.19 bits per heavy atom. The third kappa shape index (κ3) is 5.05. The molecule has 1 aromatic rings. The monoisotopic (exact) mass is 232 g/mol. The van der Waals surface area contributed by atoms with E-state index in [0.29, 0.717) is 6.42 Å². The van der Waals surface area contributed by atoms with Crippen molar-refractivity contribution in [1.29, 1.82) is 0 Å². The van der Waals surface area contributed by atoms with Crippen LogP contribution in [0.25, 0.3) is 0 Å². The smallest absolute Gasteiger partial charge is 0.389 e. The summed E-state index contributed by atoms with van der Waals surface area (Å²) in [6.07, 6.45) is -4.05. The summed E-state index contributed by atoms with van der Waals surface area (Å²) in [5, 5.41) is 9.05. The van der Waals surface area contributed by atoms with Crippen LogP contribution in [-0.2, 0) is 6.42 Å². The highest BCUT2D eigenvalue weighted by atomic mass is 19.4. The van der Waals surface area contributed by atoms with Gasteiger partial charge in [0.1, 0.15) is 5.75 Å². The fraction of sp³-hybridized carbons (Fsp3) is 0.500. The van der Waals surface area contributed by atoms with E-state index in [1.165, 1.54) is 0 Å². The lowest BCUT2D eigenvalue weighted by atomic mass is 9.96. The lowest BCUT2D eigenvalue weighted by Crippen LogP contribution is -2.10. The van der Waals surface area contributed by atoms with E-state index in [4.69, 9.17) is 5.11 Å². The van der Waals surface area contributed by atoms with Crippen LogP contribution in [0.1, 0.15) is 25.3 Å². The average Bonchev–Trinajstić information content (AvgIpc) is 2.18. The molecule has 0 aliphatic heterocycles. The van der Waals surface area contributed by atoms with E-state index in [1.807, 2.05) is 0 Å². The summed E-state index contributed by atoms with van der Waals surface area (Å²) in [5.41, 5.74) is 0.951. The first kappa shape index (κ1) is 12.9. The number of benzene rings is 1. The maximum atomic E-state index is 12.0. The van der Waals surface area contributed by atoms with Crippen molar-refractivity contribution in [2.24, 2.45) is 5.92 Å². The molecule has 0 radical (unpaired) electrons. The zero-order valence-electron chi connectivity index (χ0n) is 9.09. The zero-order valence-corrected chi connectivity index (χ0v) is 9.09. The van der Waals surface area contributed by atoms with Gasteiger partial charge in [-0.25, -0.2) is 0 Å². The third-order valence-electron chi connectivity index (χ3n) is 2.44. The summed E-state index contributed by atoms with van der Waals surface area (Å²) in [5.74, 6) is 0.165. The summed E-state index contributed by atoms with van der Waals surface area (Å²) < 4.78 is 35.9. The Morgan fingerprint density at radius 3 is 2.25 bits per heavy atom. The molecule has 1 nitrogen and oxygen atoms in total. The molecular weight excluding hydrogens is 217 g/mol. The largest absolute Gasteiger partial charge is 0.508 e. The lowest BCUT2D eigenvalue weighted by molar-refractivity contribution is -0.137. The molecule has 0 spiro atoms. The van der Waals surface area contributed by atoms with Crippen LogP contribution in [0.15, 0.2) is 24.3 Å². The van der Waals surface area contributed by atoms with Gasteiger partial charge in [-0.3, -0.25) is 0 Å². The second-order valence-corrected chi connectivity index (χ2v) is 4.13. The average molecular weight is 232 g/mol. The summed E-state index contributed by atoms with van der Waals surface area (Å²) in [6.45, 7) is 1.80. The number of rotatable bonds is 4. The van der Waals surface area contributed by atoms with Crippen LogP contribution in [0.5, 0.6) is 5.75 Å². The molecule has 0 fully saturated rings. The van der Waals surface area contributed by atoms with Crippen molar-refractivity contribution in [1.82, 2.24) is 0 Å². The molecule has 16 heavy (non-hydrogen) atoms. The molecule has 1 rings (SSSR count). The Labute approximate surface area is 92.9 Å². The van der Waals surface area contributed by atoms with E-state index >= 15 is 0 Å². The van der Waals surface area contributed by atoms with Crippen LogP contribution < -0.4 is 0 Å². The van der Waals surface area contributed by atoms with Gasteiger partial charge in [0.15, 0.2) is 0 Å². The van der Waals surface area contributed by atoms with Gasteiger partial charge in [0.25, 0.3) is 0 Å². The molecule has 0 saturated heterocycles. The second kappa shape index (κ2) is 5.23. The first-order valence-corrected chi connectivity index (χ1v) is 5.21. The highest BCUT2D eigenvalue weighted by molar-refractivity contribution is 5.26. The fourth-order valence-corrected chi connectivity index (χ4v) is 1.55. The molecule has 0 aliphatic carbocycles. The highest BCUT2D eigenvalue weighted by Crippen LogP contribution is 2.25. The molecule has 0 aromatic heterocycles. The molecule has 1 N–H and O–H groups in total. The van der Waals surface area contributed by atoms with Crippen molar-refractivity contribution in [3.05, 3.63) is 29.8 Å². The van der Waals surface area contributed by atoms with Gasteiger partial charge in [-0.1, -0.05) is 19.1 Å². The maximum absolute atomic E-state index is 12.0. The predicted octanol–water partition coefficient (Wildman–Crippen LogP) is 3.91. The van der Waals surface area contributed by atoms with Crippen molar-refractivity contribution >= 4 is 0 Å². The molecule has 0 bridgehead atoms. The Balaban J connectivity index is 2.39. The predicted molar refractivity (Wildman–Crippen MR) is 56.3 cm³/mol. The van der Waals surface area contributed by atoms with Gasteiger partial charge in [0.2, 0.25) is 0 Å². The van der Waals surface area contributed by atoms with Gasteiger partial charge >= 0.3 is 6.18 Å². The zero-order chi connectivity index (χ0) is 12.2. The Bertz CT molecular complexity index is 316. The van der Waals surface area contributed by atoms with Crippen molar-refractivity contribution in [2.75, 3.05) is 0 Å². The van der Waals surface area contributed by atoms with Gasteiger partial charge in [-0.2, -0.15) is 13.2 Å². The molecule has 90 valence electrons. The van der Waals surface area contributed by atoms with Crippen LogP contribution >= 0.6 is 0 Å². The SMILES string of the molecule is CC(CCC(F)(F)F)Cc1ccc(O)cc1. The number of hydrogen-bond donors (Lipinski definition) is 1. The molecule has 1 unspecified atom stereocenters. The summed E-state index contributed by atoms with van der Waals surface area (Å²) >= 11 is 0. The normalized spacial score (nSPS) is 13.8. The summed E-state index contributed by atoms with van der Waals surface area (Å²) in [4.78, 5) is 0. The molecule has 1 atom stereocenters. The molecule has 0 amide bonds. The standard InChI is InChI=1S/C12H15F3O/c1-9(6-7-12(13,14)15)8-10-2-4-11(16)5-3-10/h2-5,9,16H,6-8H2,1H3. The van der Waals surface area contributed by atoms with E-state index in [0.717, 1.165) is 5.56 Å². The highest BCUT2D eigenvalue weighted by Gasteiger charge is 2.27. The van der Waals surface area contributed by atoms with Crippen LogP contribution in [0, 0.1) is 5.92 Å². The number of aromatic hydroxyl groups is 1. The van der Waals surface area contributed by atoms with Gasteiger partial charge < -0.3 is 5.11 Å². The van der Waals surface area contributed by atoms with Gasteiger partial charge in [0, 0.05) is 6.42 Å². The van der Waals surface area contributed by atoms with E-state index in [9.17, 15) is 13.2 Å². The summed E-state index contributed by atoms with van der Waals surface area (Å²) in [6, 6.07) is 6.57. The molecule has 0 aliphatic rings. The van der Waals surface area contributed by atoms with Crippen molar-refractivity contribution in [3.8, 4) is 5.75 Å². The van der Waals surface area contributed by atoms with Crippen LogP contribution in [0.2, 0.25) is 0 Å². The van der Waals surface area contributed by atoms with E-state index in [-0.39, 0.29) is 18.1 Å². The molecule has 4 heteroatoms. The maximum Gasteiger partial charge on any atom is 0.389 e. The van der Waals surface area contributed by atoms with Crippen molar-refractivity contribution < 1.29 is 18.3 Å². The number of alkyl halides is 3. The van der Waals surface area contributed by atoms with E-state index in [2.05, 4.69) is 0 Å². The van der Waals surface area contributed by atoms with Crippen LogP contribution in [0.3, 0.4) is 0 Å². The van der Waals surface area contributed by atoms with Crippen molar-refractivity contribution in [3.63, 3.8) is 0 Å². The van der Waals surface area contributed by atoms with Gasteiger partial charge in [0.05, 0.1) is 0 Å². The minimum absolute atomic E-state index is 0.00818. The fourth-order valence-electron chi connectivity index (χ4n) is 1.55. The number of hydrogen-bond acceptors (Lipinski definition) is 1. The van der Waals surface area contributed by atoms with E-state index < -0.39 is 12.6 Å². The van der Waals surface area contributed by atoms with Crippen LogP contribution in [-0.4, -0.2) is 11.3 Å².